The standard InChI is InChI=1S/C20H28F3N3O8/c21-20(22,23)7-6-11(24)18(33)26-13(9-27)15(30)16(31)17(32)19(34)25-12(8-14(28)29)10-4-2-1-3-5-10/h1-5,11-13,15-17,27,30-32H,6-9,24H2,(H,25,34)(H,26,33)(H,28,29)/t11?,12?,13-,15+,16+,17-/m0/s1. The lowest BCUT2D eigenvalue weighted by Crippen LogP contribution is -2.58. The molecule has 11 nitrogen and oxygen atoms in total. The van der Waals surface area contributed by atoms with E-state index in [0.29, 0.717) is 5.56 Å². The number of alkyl halides is 3. The minimum atomic E-state index is -4.56. The van der Waals surface area contributed by atoms with E-state index in [1.165, 1.54) is 12.1 Å². The summed E-state index contributed by atoms with van der Waals surface area (Å²) in [6.07, 6.45) is -14.0. The summed E-state index contributed by atoms with van der Waals surface area (Å²) in [7, 11) is 0. The highest BCUT2D eigenvalue weighted by Crippen LogP contribution is 2.22. The van der Waals surface area contributed by atoms with E-state index < -0.39 is 86.3 Å². The number of aliphatic carboxylic acids is 1. The number of halogens is 3. The molecule has 0 saturated carbocycles. The van der Waals surface area contributed by atoms with E-state index in [0.717, 1.165) is 0 Å². The molecule has 0 heterocycles. The Balaban J connectivity index is 2.80. The van der Waals surface area contributed by atoms with E-state index in [4.69, 9.17) is 10.8 Å². The summed E-state index contributed by atoms with van der Waals surface area (Å²) < 4.78 is 36.8. The monoisotopic (exact) mass is 495 g/mol. The summed E-state index contributed by atoms with van der Waals surface area (Å²) in [5, 5.41) is 53.2. The Morgan fingerprint density at radius 1 is 0.971 bits per heavy atom. The second-order valence-electron chi connectivity index (χ2n) is 7.55. The lowest BCUT2D eigenvalue weighted by Gasteiger charge is -2.30. The van der Waals surface area contributed by atoms with Crippen molar-refractivity contribution in [2.45, 2.75) is 61.9 Å². The molecule has 2 amide bonds. The molecule has 1 aromatic carbocycles. The minimum absolute atomic E-state index is 0.383. The SMILES string of the molecule is NC(CCC(F)(F)F)C(=O)N[C@@H](CO)[C@@H](O)[C@@H](O)[C@H](O)C(=O)NC(CC(=O)O)c1ccccc1. The second-order valence-corrected chi connectivity index (χ2v) is 7.55. The minimum Gasteiger partial charge on any atom is -0.481 e. The summed E-state index contributed by atoms with van der Waals surface area (Å²) in [4.78, 5) is 35.5. The van der Waals surface area contributed by atoms with E-state index in [1.807, 2.05) is 5.32 Å². The van der Waals surface area contributed by atoms with Crippen LogP contribution in [0.3, 0.4) is 0 Å². The van der Waals surface area contributed by atoms with E-state index >= 15 is 0 Å². The van der Waals surface area contributed by atoms with Crippen LogP contribution in [0.1, 0.15) is 30.9 Å². The summed E-state index contributed by atoms with van der Waals surface area (Å²) in [5.74, 6) is -3.69. The number of carboxylic acids is 1. The molecule has 1 rings (SSSR count). The van der Waals surface area contributed by atoms with Crippen LogP contribution in [0, 0.1) is 0 Å². The third kappa shape index (κ3) is 9.61. The molecule has 192 valence electrons. The van der Waals surface area contributed by atoms with Crippen LogP contribution in [0.4, 0.5) is 13.2 Å². The van der Waals surface area contributed by atoms with Crippen LogP contribution < -0.4 is 16.4 Å². The topological polar surface area (TPSA) is 202 Å². The lowest BCUT2D eigenvalue weighted by molar-refractivity contribution is -0.145. The van der Waals surface area contributed by atoms with Gasteiger partial charge in [-0.1, -0.05) is 30.3 Å². The fraction of sp³-hybridized carbons (Fsp3) is 0.550. The summed E-state index contributed by atoms with van der Waals surface area (Å²) in [6.45, 7) is -1.02. The number of aliphatic hydroxyl groups is 4. The van der Waals surface area contributed by atoms with Gasteiger partial charge in [-0.25, -0.2) is 0 Å². The molecule has 0 saturated heterocycles. The highest BCUT2D eigenvalue weighted by atomic mass is 19.4. The molecule has 6 atom stereocenters. The molecular weight excluding hydrogens is 467 g/mol. The molecule has 0 aliphatic heterocycles. The first-order valence-corrected chi connectivity index (χ1v) is 10.1. The van der Waals surface area contributed by atoms with Crippen molar-refractivity contribution in [2.75, 3.05) is 6.61 Å². The Kier molecular flexibility index (Phi) is 11.4. The summed E-state index contributed by atoms with van der Waals surface area (Å²) in [6, 6.07) is 3.43. The summed E-state index contributed by atoms with van der Waals surface area (Å²) >= 11 is 0. The van der Waals surface area contributed by atoms with Gasteiger partial charge in [-0.15, -0.1) is 0 Å². The number of aliphatic hydroxyl groups excluding tert-OH is 4. The smallest absolute Gasteiger partial charge is 0.389 e. The van der Waals surface area contributed by atoms with Crippen molar-refractivity contribution >= 4 is 17.8 Å². The van der Waals surface area contributed by atoms with Gasteiger partial charge >= 0.3 is 12.1 Å². The molecule has 0 bridgehead atoms. The van der Waals surface area contributed by atoms with Crippen molar-refractivity contribution in [2.24, 2.45) is 5.73 Å². The number of carboxylic acid groups (broad SMARTS) is 1. The van der Waals surface area contributed by atoms with Crippen molar-refractivity contribution in [3.8, 4) is 0 Å². The van der Waals surface area contributed by atoms with Crippen molar-refractivity contribution < 1.29 is 53.1 Å². The zero-order chi connectivity index (χ0) is 26.1. The zero-order valence-corrected chi connectivity index (χ0v) is 17.9. The fourth-order valence-electron chi connectivity index (χ4n) is 2.93. The number of rotatable bonds is 13. The largest absolute Gasteiger partial charge is 0.481 e. The van der Waals surface area contributed by atoms with Gasteiger partial charge in [0.15, 0.2) is 6.10 Å². The van der Waals surface area contributed by atoms with Gasteiger partial charge in [0.1, 0.15) is 12.2 Å². The normalized spacial score (nSPS) is 17.1. The number of amides is 2. The third-order valence-electron chi connectivity index (χ3n) is 4.85. The predicted octanol–water partition coefficient (Wildman–Crippen LogP) is -1.45. The highest BCUT2D eigenvalue weighted by Gasteiger charge is 2.37. The zero-order valence-electron chi connectivity index (χ0n) is 17.9. The number of hydrogen-bond donors (Lipinski definition) is 8. The Morgan fingerprint density at radius 2 is 1.56 bits per heavy atom. The highest BCUT2D eigenvalue weighted by molar-refractivity contribution is 5.83. The average molecular weight is 495 g/mol. The van der Waals surface area contributed by atoms with Crippen LogP contribution in [0.25, 0.3) is 0 Å². The van der Waals surface area contributed by atoms with Gasteiger partial charge in [0.2, 0.25) is 5.91 Å². The number of hydrogen-bond acceptors (Lipinski definition) is 8. The average Bonchev–Trinajstić information content (AvgIpc) is 2.78. The van der Waals surface area contributed by atoms with Gasteiger partial charge in [-0.05, 0) is 12.0 Å². The van der Waals surface area contributed by atoms with Gasteiger partial charge in [0.05, 0.1) is 31.2 Å². The maximum Gasteiger partial charge on any atom is 0.389 e. The molecule has 14 heteroatoms. The Morgan fingerprint density at radius 3 is 2.06 bits per heavy atom. The Labute approximate surface area is 192 Å². The Hall–Kier alpha value is -2.78. The second kappa shape index (κ2) is 13.2. The quantitative estimate of drug-likeness (QED) is 0.161. The fourth-order valence-corrected chi connectivity index (χ4v) is 2.93. The van der Waals surface area contributed by atoms with E-state index in [9.17, 15) is 48.0 Å². The molecule has 9 N–H and O–H groups in total. The molecule has 0 fully saturated rings. The van der Waals surface area contributed by atoms with Gasteiger partial charge < -0.3 is 41.9 Å². The number of carbonyl (C=O) groups is 3. The third-order valence-corrected chi connectivity index (χ3v) is 4.85. The van der Waals surface area contributed by atoms with Crippen LogP contribution in [0.2, 0.25) is 0 Å². The molecule has 34 heavy (non-hydrogen) atoms. The van der Waals surface area contributed by atoms with E-state index in [1.54, 1.807) is 18.2 Å². The first-order chi connectivity index (χ1) is 15.8. The molecule has 1 aromatic rings. The van der Waals surface area contributed by atoms with Gasteiger partial charge in [-0.2, -0.15) is 13.2 Å². The van der Waals surface area contributed by atoms with Gasteiger partial charge in [0.25, 0.3) is 5.91 Å². The number of nitrogens with one attached hydrogen (secondary N) is 2. The molecule has 0 aliphatic carbocycles. The first kappa shape index (κ1) is 29.3. The van der Waals surface area contributed by atoms with Crippen LogP contribution >= 0.6 is 0 Å². The molecule has 2 unspecified atom stereocenters. The van der Waals surface area contributed by atoms with Crippen molar-refractivity contribution in [1.82, 2.24) is 10.6 Å². The molecule has 0 aromatic heterocycles. The van der Waals surface area contributed by atoms with Gasteiger partial charge in [-0.3, -0.25) is 14.4 Å². The Bertz CT molecular complexity index is 812. The number of carbonyl (C=O) groups excluding carboxylic acids is 2. The van der Waals surface area contributed by atoms with Crippen LogP contribution in [0.5, 0.6) is 0 Å². The molecule has 0 aliphatic rings. The van der Waals surface area contributed by atoms with Crippen molar-refractivity contribution in [3.05, 3.63) is 35.9 Å². The molecule has 0 radical (unpaired) electrons. The first-order valence-electron chi connectivity index (χ1n) is 10.1. The van der Waals surface area contributed by atoms with Crippen LogP contribution in [-0.4, -0.2) is 86.5 Å². The van der Waals surface area contributed by atoms with Gasteiger partial charge in [0, 0.05) is 6.42 Å². The predicted molar refractivity (Wildman–Crippen MR) is 110 cm³/mol. The molecular formula is C20H28F3N3O8. The van der Waals surface area contributed by atoms with E-state index in [2.05, 4.69) is 5.32 Å². The van der Waals surface area contributed by atoms with Crippen molar-refractivity contribution in [1.29, 1.82) is 0 Å². The lowest BCUT2D eigenvalue weighted by atomic mass is 9.98. The van der Waals surface area contributed by atoms with Crippen LogP contribution in [0.15, 0.2) is 30.3 Å². The van der Waals surface area contributed by atoms with Crippen molar-refractivity contribution in [3.63, 3.8) is 0 Å². The summed E-state index contributed by atoms with van der Waals surface area (Å²) in [5.41, 5.74) is 5.75. The number of nitrogens with two attached hydrogens (primary N) is 1. The van der Waals surface area contributed by atoms with Crippen LogP contribution in [-0.2, 0) is 14.4 Å². The maximum atomic E-state index is 12.4. The molecule has 0 spiro atoms. The van der Waals surface area contributed by atoms with E-state index in [-0.39, 0.29) is 0 Å². The number of benzene rings is 1. The maximum absolute atomic E-state index is 12.4.